The summed E-state index contributed by atoms with van der Waals surface area (Å²) in [6.45, 7) is 64.1. The summed E-state index contributed by atoms with van der Waals surface area (Å²) in [5, 5.41) is 0. The van der Waals surface area contributed by atoms with Crippen LogP contribution in [0.4, 0.5) is 0 Å². The molecule has 558 valence electrons. The fourth-order valence-corrected chi connectivity index (χ4v) is 39.6. The molecule has 0 fully saturated rings. The van der Waals surface area contributed by atoms with E-state index in [0.29, 0.717) is 147 Å². The van der Waals surface area contributed by atoms with E-state index in [0.717, 1.165) is 24.0 Å². The van der Waals surface area contributed by atoms with Crippen LogP contribution in [0.3, 0.4) is 0 Å². The van der Waals surface area contributed by atoms with E-state index >= 15 is 0 Å². The van der Waals surface area contributed by atoms with Gasteiger partial charge in [0, 0.05) is 56.6 Å². The van der Waals surface area contributed by atoms with Crippen LogP contribution >= 0.6 is 15.6 Å². The molecule has 0 saturated heterocycles. The van der Waals surface area contributed by atoms with E-state index in [1.165, 1.54) is 0 Å². The molecule has 5 aromatic rings. The molecule has 7 rings (SSSR count). The van der Waals surface area contributed by atoms with Gasteiger partial charge in [0.25, 0.3) is 0 Å². The van der Waals surface area contributed by atoms with Crippen LogP contribution in [0.15, 0.2) is 72.8 Å². The van der Waals surface area contributed by atoms with Crippen molar-refractivity contribution in [1.82, 2.24) is 0 Å². The third kappa shape index (κ3) is 18.4. The minimum absolute atomic E-state index is 0.0708. The van der Waals surface area contributed by atoms with E-state index in [1.807, 2.05) is 60.7 Å². The number of phosphoric acid groups is 2. The van der Waals surface area contributed by atoms with E-state index in [-0.39, 0.29) is 34.8 Å². The van der Waals surface area contributed by atoms with Crippen molar-refractivity contribution in [2.24, 2.45) is 11.8 Å². The average molecular weight is 1510 g/mol. The van der Waals surface area contributed by atoms with Gasteiger partial charge in [-0.15, -0.1) is 22.2 Å². The van der Waals surface area contributed by atoms with Crippen molar-refractivity contribution in [2.75, 3.05) is 13.2 Å². The van der Waals surface area contributed by atoms with Gasteiger partial charge in [-0.05, 0) is 139 Å². The first-order valence-corrected chi connectivity index (χ1v) is 50.2. The zero-order chi connectivity index (χ0) is 77.5. The molecule has 2 aliphatic heterocycles. The number of benzene rings is 5. The first kappa shape index (κ1) is 84.8. The second kappa shape index (κ2) is 34.6. The third-order valence-electron chi connectivity index (χ3n) is 22.9. The first-order chi connectivity index (χ1) is 48.6. The normalized spacial score (nSPS) is 16.3. The van der Waals surface area contributed by atoms with Crippen LogP contribution in [0.2, 0.25) is 66.5 Å². The molecule has 5 aromatic carbocycles. The summed E-state index contributed by atoms with van der Waals surface area (Å²) >= 11 is 0. The zero-order valence-corrected chi connectivity index (χ0v) is 73.7. The molecule has 0 radical (unpaired) electrons. The van der Waals surface area contributed by atoms with E-state index in [9.17, 15) is 18.9 Å². The van der Waals surface area contributed by atoms with Crippen molar-refractivity contribution in [3.05, 3.63) is 117 Å². The van der Waals surface area contributed by atoms with Gasteiger partial charge >= 0.3 is 15.6 Å². The van der Waals surface area contributed by atoms with Gasteiger partial charge in [0.15, 0.2) is 11.5 Å². The number of fused-ring (bicyclic) bond motifs is 6. The van der Waals surface area contributed by atoms with Crippen molar-refractivity contribution < 1.29 is 46.5 Å². The first-order valence-electron chi connectivity index (χ1n) is 38.3. The lowest BCUT2D eigenvalue weighted by Gasteiger charge is -2.38. The van der Waals surface area contributed by atoms with Gasteiger partial charge in [0.1, 0.15) is 55.3 Å². The highest BCUT2D eigenvalue weighted by molar-refractivity contribution is 7.48. The van der Waals surface area contributed by atoms with E-state index in [4.69, 9.17) is 27.6 Å². The quantitative estimate of drug-likeness (QED) is 0.0441. The summed E-state index contributed by atoms with van der Waals surface area (Å²) in [5.41, 5.74) is 26.5. The molecule has 2 heterocycles. The minimum atomic E-state index is -4.84. The van der Waals surface area contributed by atoms with Crippen LogP contribution in [0.25, 0.3) is 22.3 Å². The topological polar surface area (TPSA) is 130 Å². The molecule has 0 aliphatic carbocycles. The third-order valence-corrected chi connectivity index (χ3v) is 49.7. The lowest BCUT2D eigenvalue weighted by atomic mass is 9.96. The Hall–Kier alpha value is -6.49. The Morgan fingerprint density at radius 1 is 0.327 bits per heavy atom. The summed E-state index contributed by atoms with van der Waals surface area (Å²) in [7, 11) is -18.6. The monoisotopic (exact) mass is 1510 g/mol. The number of ether oxygens (including phenoxy) is 2. The molecular formula is C88H120O10P2Si4. The number of rotatable bonds is 20. The molecule has 2 aliphatic rings. The van der Waals surface area contributed by atoms with Crippen molar-refractivity contribution in [2.45, 2.75) is 273 Å². The molecule has 2 unspecified atom stereocenters. The van der Waals surface area contributed by atoms with Crippen molar-refractivity contribution in [3.8, 4) is 126 Å². The summed E-state index contributed by atoms with van der Waals surface area (Å²) < 4.78 is 66.8. The summed E-state index contributed by atoms with van der Waals surface area (Å²) in [6.07, 6.45) is 1.68. The molecule has 10 nitrogen and oxygen atoms in total. The lowest BCUT2D eigenvalue weighted by Crippen LogP contribution is -2.43. The lowest BCUT2D eigenvalue weighted by molar-refractivity contribution is 0.249. The second-order valence-electron chi connectivity index (χ2n) is 33.1. The number of hydrogen-bond donors (Lipinski definition) is 2. The molecular weight excluding hydrogens is 1390 g/mol. The summed E-state index contributed by atoms with van der Waals surface area (Å²) in [5.74, 6) is 30.0. The van der Waals surface area contributed by atoms with Gasteiger partial charge in [0.05, 0.1) is 35.5 Å². The highest BCUT2D eigenvalue weighted by atomic mass is 31.2. The van der Waals surface area contributed by atoms with Crippen LogP contribution < -0.4 is 27.6 Å². The molecule has 0 amide bonds. The van der Waals surface area contributed by atoms with E-state index in [2.05, 4.69) is 263 Å². The van der Waals surface area contributed by atoms with Crippen LogP contribution in [-0.4, -0.2) is 55.3 Å². The summed E-state index contributed by atoms with van der Waals surface area (Å²) in [6, 6.07) is 22.3. The number of phosphoric ester groups is 2. The Bertz CT molecular complexity index is 4100. The maximum Gasteiger partial charge on any atom is 0.584 e. The SMILES string of the molecule is CC[C@H](C)COc1cc(C#Cc2cc(C#C[Si](C(C)C)(C(C)C)C(C)C)cc3c2OP(=O)(O)Oc2ccc(C#C[Si](C(C)C)(C(C)C)C(C)C)cc2-3)c(OC[C@@H](C)CC)cc1C#Cc1cc(C#C[Si](C(C)C)(C(C)C)C(C)C)cc2c1OP(=O)(O)Oc1ccc(C#C[Si](C(C)C)(C(C)C)C(C)C)cc1-2. The van der Waals surface area contributed by atoms with Crippen LogP contribution in [0.1, 0.15) is 251 Å². The van der Waals surface area contributed by atoms with Gasteiger partial charge in [-0.2, -0.15) is 0 Å². The largest absolute Gasteiger partial charge is 0.584 e. The highest BCUT2D eigenvalue weighted by Gasteiger charge is 2.46. The Kier molecular flexibility index (Phi) is 28.2. The van der Waals surface area contributed by atoms with Crippen molar-refractivity contribution >= 4 is 47.9 Å². The standard InChI is InChI=1S/C88H120O10P2Si4/c1-29-69(27)55-93-85-53-76(34-36-78-48-74(42-46-104(66(21)22,67(23)24)68(25)26)52-82-80-50-72(32-38-84(80)96-100(91,92)98-88(78)82)40-44-102(60(9)10,61(11)12)62(13)14)86(94-56-70(28)30-2)54-75(85)33-35-77-47-73(41-45-103(63(15)16,64(17)18)65(19)20)51-81-79-49-71(31-37-83(79)95-99(89,90)97-87(77)81)39-43-101(57(3)4,58(5)6)59(7)8/h31-32,37-38,47-54,57-70H,29-30,55-56H2,1-28H3,(H,89,90)(H,91,92)/t69-,70-/m0/s1. The molecule has 0 saturated carbocycles. The molecule has 0 spiro atoms. The molecule has 4 atom stereocenters. The molecule has 16 heteroatoms. The maximum absolute atomic E-state index is 14.4. The average Bonchev–Trinajstić information content (AvgIpc) is 1.56. The zero-order valence-electron chi connectivity index (χ0n) is 67.9. The fraction of sp³-hybridized carbons (Fsp3) is 0.523. The molecule has 2 N–H and O–H groups in total. The molecule has 0 bridgehead atoms. The summed E-state index contributed by atoms with van der Waals surface area (Å²) in [4.78, 5) is 23.4. The van der Waals surface area contributed by atoms with Gasteiger partial charge < -0.3 is 27.6 Å². The maximum atomic E-state index is 14.4. The van der Waals surface area contributed by atoms with E-state index < -0.39 is 47.9 Å². The fourth-order valence-electron chi connectivity index (χ4n) is 16.9. The minimum Gasteiger partial charge on any atom is -0.492 e. The van der Waals surface area contributed by atoms with Crippen LogP contribution in [-0.2, 0) is 9.13 Å². The van der Waals surface area contributed by atoms with Crippen molar-refractivity contribution in [3.63, 3.8) is 0 Å². The number of hydrogen-bond acceptors (Lipinski definition) is 8. The van der Waals surface area contributed by atoms with Gasteiger partial charge in [-0.1, -0.05) is 254 Å². The molecule has 0 aromatic heterocycles. The highest BCUT2D eigenvalue weighted by Crippen LogP contribution is 2.57. The Balaban J connectivity index is 1.58. The Morgan fingerprint density at radius 3 is 0.837 bits per heavy atom. The van der Waals surface area contributed by atoms with Gasteiger partial charge in [-0.25, -0.2) is 9.13 Å². The smallest absolute Gasteiger partial charge is 0.492 e. The predicted molar refractivity (Wildman–Crippen MR) is 446 cm³/mol. The predicted octanol–water partition coefficient (Wildman–Crippen LogP) is 24.7. The van der Waals surface area contributed by atoms with Crippen LogP contribution in [0, 0.1) is 81.4 Å². The van der Waals surface area contributed by atoms with Gasteiger partial charge in [-0.3, -0.25) is 9.79 Å². The van der Waals surface area contributed by atoms with Crippen LogP contribution in [0.5, 0.6) is 34.5 Å². The van der Waals surface area contributed by atoms with Crippen molar-refractivity contribution in [1.29, 1.82) is 0 Å². The van der Waals surface area contributed by atoms with Gasteiger partial charge in [0.2, 0.25) is 0 Å². The second-order valence-corrected chi connectivity index (χ2v) is 58.0. The Labute approximate surface area is 632 Å². The molecule has 104 heavy (non-hydrogen) atoms. The van der Waals surface area contributed by atoms with E-state index in [1.54, 1.807) is 12.1 Å². The Morgan fingerprint density at radius 2 is 0.577 bits per heavy atom.